The Bertz CT molecular complexity index is 56.7. The highest BCUT2D eigenvalue weighted by atomic mass is 35.5. The molecular weight excluding hydrogens is 130 g/mol. The van der Waals surface area contributed by atoms with E-state index >= 15 is 0 Å². The second-order valence-electron chi connectivity index (χ2n) is 1.13. The van der Waals surface area contributed by atoms with Gasteiger partial charge in [-0.1, -0.05) is 24.1 Å². The van der Waals surface area contributed by atoms with Crippen LogP contribution in [0.15, 0.2) is 12.2 Å². The Morgan fingerprint density at radius 1 is 1.43 bits per heavy atom. The molecule has 1 nitrogen and oxygen atoms in total. The van der Waals surface area contributed by atoms with Crippen molar-refractivity contribution in [1.82, 2.24) is 4.72 Å². The highest BCUT2D eigenvalue weighted by Crippen LogP contribution is 1.96. The molecule has 0 spiro atoms. The fourth-order valence-electron chi connectivity index (χ4n) is 0.365. The van der Waals surface area contributed by atoms with Crippen LogP contribution in [0.4, 0.5) is 0 Å². The zero-order valence-corrected chi connectivity index (χ0v) is 5.52. The lowest BCUT2D eigenvalue weighted by molar-refractivity contribution is 1.11. The molecule has 1 N–H and O–H groups in total. The average Bonchev–Trinajstić information content (AvgIpc) is 1.72. The van der Waals surface area contributed by atoms with Gasteiger partial charge in [0.05, 0.1) is 0 Å². The lowest BCUT2D eigenvalue weighted by Crippen LogP contribution is -2.06. The van der Waals surface area contributed by atoms with Gasteiger partial charge in [-0.25, -0.2) is 0 Å². The number of hydrogen-bond acceptors (Lipinski definition) is 2. The van der Waals surface area contributed by atoms with Crippen molar-refractivity contribution >= 4 is 24.4 Å². The molecule has 0 unspecified atom stereocenters. The van der Waals surface area contributed by atoms with Gasteiger partial charge in [0.25, 0.3) is 0 Å². The Hall–Kier alpha value is 0.340. The van der Waals surface area contributed by atoms with Crippen LogP contribution in [0.1, 0.15) is 0 Å². The summed E-state index contributed by atoms with van der Waals surface area (Å²) in [6.45, 7) is 1.03. The first kappa shape index (κ1) is 7.34. The van der Waals surface area contributed by atoms with Gasteiger partial charge in [0.2, 0.25) is 0 Å². The summed E-state index contributed by atoms with van der Waals surface area (Å²) >= 11 is 1.76. The molecule has 1 rings (SSSR count). The predicted molar refractivity (Wildman–Crippen MR) is 36.8 cm³/mol. The first-order valence-corrected chi connectivity index (χ1v) is 2.98. The maximum Gasteiger partial charge on any atom is 0.0260 e. The predicted octanol–water partition coefficient (Wildman–Crippen LogP) is 1.22. The van der Waals surface area contributed by atoms with Gasteiger partial charge in [-0.2, -0.15) is 0 Å². The quantitative estimate of drug-likeness (QED) is 0.398. The van der Waals surface area contributed by atoms with Gasteiger partial charge < -0.3 is 0 Å². The lowest BCUT2D eigenvalue weighted by Gasteiger charge is -2.00. The molecule has 7 heavy (non-hydrogen) atoms. The molecule has 0 aliphatic carbocycles. The molecule has 1 heterocycles. The fourth-order valence-corrected chi connectivity index (χ4v) is 0.930. The Morgan fingerprint density at radius 3 is 2.43 bits per heavy atom. The van der Waals surface area contributed by atoms with E-state index in [9.17, 15) is 0 Å². The van der Waals surface area contributed by atoms with Crippen LogP contribution in [0.25, 0.3) is 0 Å². The molecule has 0 fully saturated rings. The van der Waals surface area contributed by atoms with E-state index < -0.39 is 0 Å². The number of rotatable bonds is 0. The van der Waals surface area contributed by atoms with Crippen molar-refractivity contribution in [3.8, 4) is 0 Å². The molecule has 0 saturated heterocycles. The molecule has 0 bridgehead atoms. The number of halogens is 1. The van der Waals surface area contributed by atoms with Crippen LogP contribution in [-0.4, -0.2) is 12.3 Å². The van der Waals surface area contributed by atoms with Crippen molar-refractivity contribution < 1.29 is 0 Å². The van der Waals surface area contributed by atoms with Crippen LogP contribution in [0.2, 0.25) is 0 Å². The lowest BCUT2D eigenvalue weighted by atomic mass is 10.5. The second-order valence-corrected chi connectivity index (χ2v) is 2.04. The fraction of sp³-hybridized carbons (Fsp3) is 0.500. The summed E-state index contributed by atoms with van der Waals surface area (Å²) in [5, 5.41) is 0. The Kier molecular flexibility index (Phi) is 4.72. The second kappa shape index (κ2) is 4.50. The van der Waals surface area contributed by atoms with Crippen molar-refractivity contribution in [3.05, 3.63) is 12.2 Å². The summed E-state index contributed by atoms with van der Waals surface area (Å²) < 4.78 is 3.11. The average molecular weight is 138 g/mol. The van der Waals surface area contributed by atoms with E-state index in [0.29, 0.717) is 0 Å². The van der Waals surface area contributed by atoms with Crippen LogP contribution in [0.5, 0.6) is 0 Å². The molecule has 0 amide bonds. The first-order chi connectivity index (χ1) is 3.00. The van der Waals surface area contributed by atoms with E-state index in [4.69, 9.17) is 0 Å². The van der Waals surface area contributed by atoms with Gasteiger partial charge in [-0.15, -0.1) is 12.4 Å². The van der Waals surface area contributed by atoms with Crippen LogP contribution >= 0.6 is 24.4 Å². The summed E-state index contributed by atoms with van der Waals surface area (Å²) in [6, 6.07) is 0. The zero-order valence-electron chi connectivity index (χ0n) is 3.89. The monoisotopic (exact) mass is 137 g/mol. The molecule has 0 saturated carbocycles. The zero-order chi connectivity index (χ0) is 4.24. The first-order valence-electron chi connectivity index (χ1n) is 2.00. The third-order valence-electron chi connectivity index (χ3n) is 0.649. The van der Waals surface area contributed by atoms with Crippen LogP contribution in [0, 0.1) is 0 Å². The molecular formula is C4H8ClNS. The maximum absolute atomic E-state index is 3.11. The Morgan fingerprint density at radius 2 is 2.29 bits per heavy atom. The summed E-state index contributed by atoms with van der Waals surface area (Å²) in [6.07, 6.45) is 4.30. The summed E-state index contributed by atoms with van der Waals surface area (Å²) in [5.74, 6) is 1.12. The van der Waals surface area contributed by atoms with Crippen molar-refractivity contribution in [1.29, 1.82) is 0 Å². The molecule has 0 atom stereocenters. The van der Waals surface area contributed by atoms with Gasteiger partial charge in [0.1, 0.15) is 0 Å². The summed E-state index contributed by atoms with van der Waals surface area (Å²) in [5.41, 5.74) is 0. The molecule has 42 valence electrons. The van der Waals surface area contributed by atoms with E-state index in [2.05, 4.69) is 16.9 Å². The van der Waals surface area contributed by atoms with E-state index in [-0.39, 0.29) is 12.4 Å². The van der Waals surface area contributed by atoms with Gasteiger partial charge in [-0.3, -0.25) is 4.72 Å². The van der Waals surface area contributed by atoms with Crippen LogP contribution < -0.4 is 4.72 Å². The minimum absolute atomic E-state index is 0. The molecule has 1 aliphatic rings. The largest absolute Gasteiger partial charge is 0.260 e. The van der Waals surface area contributed by atoms with Gasteiger partial charge >= 0.3 is 0 Å². The van der Waals surface area contributed by atoms with Gasteiger partial charge in [0.15, 0.2) is 0 Å². The number of nitrogens with one attached hydrogen (secondary N) is 1. The highest BCUT2D eigenvalue weighted by molar-refractivity contribution is 7.97. The molecule has 0 aromatic rings. The highest BCUT2D eigenvalue weighted by Gasteiger charge is 1.85. The molecule has 0 aromatic heterocycles. The van der Waals surface area contributed by atoms with Crippen LogP contribution in [-0.2, 0) is 0 Å². The third kappa shape index (κ3) is 2.97. The molecule has 1 aliphatic heterocycles. The van der Waals surface area contributed by atoms with Crippen molar-refractivity contribution in [2.75, 3.05) is 12.3 Å². The van der Waals surface area contributed by atoms with E-state index in [1.165, 1.54) is 0 Å². The standard InChI is InChI=1S/C4H7NS.ClH/c1-2-4-6-5-3-1;/h1-2,5H,3-4H2;1H. The summed E-state index contributed by atoms with van der Waals surface area (Å²) in [4.78, 5) is 0. The third-order valence-corrected chi connectivity index (χ3v) is 1.38. The topological polar surface area (TPSA) is 12.0 Å². The molecule has 0 aromatic carbocycles. The maximum atomic E-state index is 3.11. The normalized spacial score (nSPS) is 18.3. The van der Waals surface area contributed by atoms with Crippen molar-refractivity contribution in [3.63, 3.8) is 0 Å². The minimum atomic E-state index is 0. The van der Waals surface area contributed by atoms with Crippen molar-refractivity contribution in [2.45, 2.75) is 0 Å². The van der Waals surface area contributed by atoms with E-state index in [0.717, 1.165) is 12.3 Å². The van der Waals surface area contributed by atoms with Crippen LogP contribution in [0.3, 0.4) is 0 Å². The smallest absolute Gasteiger partial charge is 0.0260 e. The minimum Gasteiger partial charge on any atom is -0.260 e. The number of hydrogen-bond donors (Lipinski definition) is 1. The molecule has 0 radical (unpaired) electrons. The molecule has 3 heteroatoms. The van der Waals surface area contributed by atoms with E-state index in [1.54, 1.807) is 11.9 Å². The Labute approximate surface area is 54.1 Å². The summed E-state index contributed by atoms with van der Waals surface area (Å²) in [7, 11) is 0. The van der Waals surface area contributed by atoms with Crippen molar-refractivity contribution in [2.24, 2.45) is 0 Å². The van der Waals surface area contributed by atoms with E-state index in [1.807, 2.05) is 0 Å². The van der Waals surface area contributed by atoms with Gasteiger partial charge in [-0.05, 0) is 0 Å². The SMILES string of the molecule is C1=CCSNC1.Cl. The Balaban J connectivity index is 0.000000360. The van der Waals surface area contributed by atoms with Gasteiger partial charge in [0, 0.05) is 12.3 Å².